The Labute approximate surface area is 110 Å². The summed E-state index contributed by atoms with van der Waals surface area (Å²) in [5.74, 6) is 2.73. The fourth-order valence-electron chi connectivity index (χ4n) is 1.80. The SMILES string of the molecule is CC(C)Cn1c(CO)nnc1CC(C)C(C)(C)C. The highest BCUT2D eigenvalue weighted by molar-refractivity contribution is 4.97. The number of hydrogen-bond acceptors (Lipinski definition) is 3. The minimum atomic E-state index is -0.0381. The monoisotopic (exact) mass is 253 g/mol. The van der Waals surface area contributed by atoms with Crippen molar-refractivity contribution in [3.05, 3.63) is 11.6 Å². The molecule has 1 heterocycles. The molecule has 0 aromatic carbocycles. The number of aliphatic hydroxyl groups is 1. The van der Waals surface area contributed by atoms with E-state index in [2.05, 4.69) is 56.3 Å². The lowest BCUT2D eigenvalue weighted by Gasteiger charge is -2.27. The van der Waals surface area contributed by atoms with Crippen molar-refractivity contribution < 1.29 is 5.11 Å². The number of nitrogens with zero attached hydrogens (tertiary/aromatic N) is 3. The lowest BCUT2D eigenvalue weighted by atomic mass is 9.80. The third-order valence-electron chi connectivity index (χ3n) is 3.56. The Morgan fingerprint density at radius 3 is 2.11 bits per heavy atom. The molecule has 0 radical (unpaired) electrons. The van der Waals surface area contributed by atoms with Crippen molar-refractivity contribution in [2.75, 3.05) is 0 Å². The molecule has 0 aliphatic carbocycles. The molecule has 1 atom stereocenters. The lowest BCUT2D eigenvalue weighted by Crippen LogP contribution is -2.22. The Kier molecular flexibility index (Phi) is 4.91. The van der Waals surface area contributed by atoms with E-state index in [-0.39, 0.29) is 12.0 Å². The van der Waals surface area contributed by atoms with E-state index in [0.717, 1.165) is 18.8 Å². The van der Waals surface area contributed by atoms with Gasteiger partial charge < -0.3 is 9.67 Å². The van der Waals surface area contributed by atoms with Gasteiger partial charge in [-0.05, 0) is 17.3 Å². The van der Waals surface area contributed by atoms with Crippen LogP contribution in [0.2, 0.25) is 0 Å². The van der Waals surface area contributed by atoms with Crippen molar-refractivity contribution >= 4 is 0 Å². The highest BCUT2D eigenvalue weighted by atomic mass is 16.3. The third kappa shape index (κ3) is 3.80. The lowest BCUT2D eigenvalue weighted by molar-refractivity contribution is 0.248. The molecular weight excluding hydrogens is 226 g/mol. The van der Waals surface area contributed by atoms with Gasteiger partial charge in [-0.1, -0.05) is 41.5 Å². The molecule has 1 unspecified atom stereocenters. The van der Waals surface area contributed by atoms with Crippen LogP contribution in [0.1, 0.15) is 53.2 Å². The maximum absolute atomic E-state index is 9.32. The molecule has 0 fully saturated rings. The molecule has 1 aromatic heterocycles. The molecule has 1 N–H and O–H groups in total. The first-order valence-corrected chi connectivity index (χ1v) is 6.77. The molecule has 104 valence electrons. The minimum absolute atomic E-state index is 0.0381. The molecule has 4 heteroatoms. The highest BCUT2D eigenvalue weighted by Crippen LogP contribution is 2.28. The summed E-state index contributed by atoms with van der Waals surface area (Å²) >= 11 is 0. The van der Waals surface area contributed by atoms with Gasteiger partial charge in [-0.25, -0.2) is 0 Å². The second-order valence-corrected chi connectivity index (χ2v) is 6.67. The summed E-state index contributed by atoms with van der Waals surface area (Å²) in [4.78, 5) is 0. The molecule has 0 aliphatic heterocycles. The predicted octanol–water partition coefficient (Wildman–Crippen LogP) is 2.65. The molecule has 0 amide bonds. The summed E-state index contributed by atoms with van der Waals surface area (Å²) in [5.41, 5.74) is 0.258. The summed E-state index contributed by atoms with van der Waals surface area (Å²) in [5, 5.41) is 17.6. The van der Waals surface area contributed by atoms with E-state index < -0.39 is 0 Å². The Morgan fingerprint density at radius 2 is 1.67 bits per heavy atom. The average molecular weight is 253 g/mol. The van der Waals surface area contributed by atoms with E-state index in [1.165, 1.54) is 0 Å². The van der Waals surface area contributed by atoms with Crippen LogP contribution in [0.15, 0.2) is 0 Å². The Balaban J connectivity index is 2.92. The maximum atomic E-state index is 9.32. The van der Waals surface area contributed by atoms with Crippen molar-refractivity contribution in [3.8, 4) is 0 Å². The highest BCUT2D eigenvalue weighted by Gasteiger charge is 2.23. The van der Waals surface area contributed by atoms with Gasteiger partial charge in [0.25, 0.3) is 0 Å². The van der Waals surface area contributed by atoms with Crippen molar-refractivity contribution in [3.63, 3.8) is 0 Å². The van der Waals surface area contributed by atoms with Crippen molar-refractivity contribution in [1.82, 2.24) is 14.8 Å². The fourth-order valence-corrected chi connectivity index (χ4v) is 1.80. The van der Waals surface area contributed by atoms with Crippen LogP contribution in [-0.4, -0.2) is 19.9 Å². The molecule has 0 saturated carbocycles. The molecule has 0 aliphatic rings. The number of aromatic nitrogens is 3. The fraction of sp³-hybridized carbons (Fsp3) is 0.857. The van der Waals surface area contributed by atoms with Gasteiger partial charge in [0.2, 0.25) is 0 Å². The van der Waals surface area contributed by atoms with Crippen molar-refractivity contribution in [1.29, 1.82) is 0 Å². The van der Waals surface area contributed by atoms with Gasteiger partial charge in [-0.2, -0.15) is 0 Å². The largest absolute Gasteiger partial charge is 0.388 e. The zero-order valence-corrected chi connectivity index (χ0v) is 12.6. The van der Waals surface area contributed by atoms with Crippen LogP contribution in [0, 0.1) is 17.3 Å². The number of hydrogen-bond donors (Lipinski definition) is 1. The summed E-state index contributed by atoms with van der Waals surface area (Å²) in [6, 6.07) is 0. The van der Waals surface area contributed by atoms with Gasteiger partial charge in [0, 0.05) is 13.0 Å². The minimum Gasteiger partial charge on any atom is -0.388 e. The van der Waals surface area contributed by atoms with Crippen LogP contribution in [0.25, 0.3) is 0 Å². The second-order valence-electron chi connectivity index (χ2n) is 6.67. The summed E-state index contributed by atoms with van der Waals surface area (Å²) in [7, 11) is 0. The van der Waals surface area contributed by atoms with Gasteiger partial charge in [-0.15, -0.1) is 10.2 Å². The third-order valence-corrected chi connectivity index (χ3v) is 3.56. The summed E-state index contributed by atoms with van der Waals surface area (Å²) in [6.07, 6.45) is 0.906. The zero-order valence-electron chi connectivity index (χ0n) is 12.6. The molecule has 0 bridgehead atoms. The van der Waals surface area contributed by atoms with Crippen molar-refractivity contribution in [2.24, 2.45) is 17.3 Å². The Hall–Kier alpha value is -0.900. The molecule has 0 saturated heterocycles. The van der Waals surface area contributed by atoms with Gasteiger partial charge in [0.1, 0.15) is 12.4 Å². The second kappa shape index (κ2) is 5.83. The van der Waals surface area contributed by atoms with E-state index >= 15 is 0 Å². The normalized spacial score (nSPS) is 14.2. The molecule has 1 rings (SSSR count). The van der Waals surface area contributed by atoms with E-state index in [0.29, 0.717) is 17.7 Å². The smallest absolute Gasteiger partial charge is 0.158 e. The van der Waals surface area contributed by atoms with Gasteiger partial charge in [0.05, 0.1) is 0 Å². The molecule has 4 nitrogen and oxygen atoms in total. The molecular formula is C14H27N3O. The van der Waals surface area contributed by atoms with E-state index in [4.69, 9.17) is 0 Å². The molecule has 18 heavy (non-hydrogen) atoms. The standard InChI is InChI=1S/C14H27N3O/c1-10(2)8-17-12(15-16-13(17)9-18)7-11(3)14(4,5)6/h10-11,18H,7-9H2,1-6H3. The van der Waals surface area contributed by atoms with Crippen LogP contribution in [-0.2, 0) is 19.6 Å². The van der Waals surface area contributed by atoms with Gasteiger partial charge >= 0.3 is 0 Å². The first-order valence-electron chi connectivity index (χ1n) is 6.77. The average Bonchev–Trinajstić information content (AvgIpc) is 2.59. The first-order chi connectivity index (χ1) is 8.25. The van der Waals surface area contributed by atoms with E-state index in [1.54, 1.807) is 0 Å². The quantitative estimate of drug-likeness (QED) is 0.877. The number of rotatable bonds is 5. The molecule has 0 spiro atoms. The predicted molar refractivity (Wildman–Crippen MR) is 73.1 cm³/mol. The van der Waals surface area contributed by atoms with Crippen LogP contribution in [0.4, 0.5) is 0 Å². The Morgan fingerprint density at radius 1 is 1.11 bits per heavy atom. The Bertz CT molecular complexity index is 377. The van der Waals surface area contributed by atoms with Crippen LogP contribution < -0.4 is 0 Å². The van der Waals surface area contributed by atoms with Crippen molar-refractivity contribution in [2.45, 2.75) is 61.1 Å². The van der Waals surface area contributed by atoms with Crippen LogP contribution in [0.5, 0.6) is 0 Å². The summed E-state index contributed by atoms with van der Waals surface area (Å²) < 4.78 is 2.08. The molecule has 1 aromatic rings. The topological polar surface area (TPSA) is 50.9 Å². The first kappa shape index (κ1) is 15.2. The van der Waals surface area contributed by atoms with Gasteiger partial charge in [0.15, 0.2) is 5.82 Å². The van der Waals surface area contributed by atoms with Gasteiger partial charge in [-0.3, -0.25) is 0 Å². The van der Waals surface area contributed by atoms with Crippen LogP contribution >= 0.6 is 0 Å². The maximum Gasteiger partial charge on any atom is 0.158 e. The van der Waals surface area contributed by atoms with Crippen LogP contribution in [0.3, 0.4) is 0 Å². The zero-order chi connectivity index (χ0) is 13.9. The number of aliphatic hydroxyl groups excluding tert-OH is 1. The van der Waals surface area contributed by atoms with E-state index in [9.17, 15) is 5.11 Å². The van der Waals surface area contributed by atoms with E-state index in [1.807, 2.05) is 0 Å². The summed E-state index contributed by atoms with van der Waals surface area (Å²) in [6.45, 7) is 14.1.